The van der Waals surface area contributed by atoms with Crippen molar-refractivity contribution < 1.29 is 18.7 Å². The summed E-state index contributed by atoms with van der Waals surface area (Å²) in [6, 6.07) is 18.9. The number of fused-ring (bicyclic) bond motifs is 1. The van der Waals surface area contributed by atoms with Crippen LogP contribution in [0.15, 0.2) is 75.9 Å². The molecule has 0 bridgehead atoms. The van der Waals surface area contributed by atoms with Crippen LogP contribution in [0.4, 0.5) is 4.39 Å². The van der Waals surface area contributed by atoms with Gasteiger partial charge in [-0.05, 0) is 67.0 Å². The van der Waals surface area contributed by atoms with Gasteiger partial charge in [0.15, 0.2) is 5.43 Å². The molecule has 1 aromatic heterocycles. The predicted molar refractivity (Wildman–Crippen MR) is 127 cm³/mol. The second kappa shape index (κ2) is 9.41. The average Bonchev–Trinajstić information content (AvgIpc) is 2.80. The molecule has 1 heterocycles. The van der Waals surface area contributed by atoms with E-state index >= 15 is 0 Å². The number of carboxylic acid groups (broad SMARTS) is 1. The highest BCUT2D eigenvalue weighted by molar-refractivity contribution is 5.89. The first-order valence-corrected chi connectivity index (χ1v) is 11.0. The Kier molecular flexibility index (Phi) is 6.40. The molecule has 4 nitrogen and oxygen atoms in total. The number of hydrogen-bond acceptors (Lipinski definition) is 3. The molecule has 4 rings (SSSR count). The van der Waals surface area contributed by atoms with E-state index in [1.807, 2.05) is 49.4 Å². The van der Waals surface area contributed by atoms with Crippen LogP contribution in [0.25, 0.3) is 22.3 Å². The molecule has 0 saturated heterocycles. The van der Waals surface area contributed by atoms with E-state index in [0.717, 1.165) is 29.2 Å². The lowest BCUT2D eigenvalue weighted by molar-refractivity contribution is 0.0695. The summed E-state index contributed by atoms with van der Waals surface area (Å²) in [5.74, 6) is -1.07. The van der Waals surface area contributed by atoms with Gasteiger partial charge < -0.3 is 9.52 Å². The monoisotopic (exact) mass is 444 g/mol. The van der Waals surface area contributed by atoms with Gasteiger partial charge in [-0.15, -0.1) is 0 Å². The Morgan fingerprint density at radius 3 is 2.55 bits per heavy atom. The summed E-state index contributed by atoms with van der Waals surface area (Å²) >= 11 is 0. The van der Waals surface area contributed by atoms with Crippen LogP contribution in [0.5, 0.6) is 0 Å². The summed E-state index contributed by atoms with van der Waals surface area (Å²) in [5, 5.41) is 9.92. The van der Waals surface area contributed by atoms with Gasteiger partial charge in [0.1, 0.15) is 17.2 Å². The molecule has 0 amide bonds. The Bertz CT molecular complexity index is 1370. The van der Waals surface area contributed by atoms with E-state index < -0.39 is 11.8 Å². The van der Waals surface area contributed by atoms with Crippen LogP contribution in [0.2, 0.25) is 0 Å². The van der Waals surface area contributed by atoms with Gasteiger partial charge in [0.25, 0.3) is 0 Å². The fraction of sp³-hybridized carbons (Fsp3) is 0.214. The minimum atomic E-state index is -1.13. The normalized spacial score (nSPS) is 12.1. The van der Waals surface area contributed by atoms with Crippen molar-refractivity contribution in [1.82, 2.24) is 0 Å². The van der Waals surface area contributed by atoms with Gasteiger partial charge in [0.2, 0.25) is 0 Å². The van der Waals surface area contributed by atoms with Crippen LogP contribution in [-0.2, 0) is 6.42 Å². The molecule has 1 N–H and O–H groups in total. The smallest absolute Gasteiger partial charge is 0.336 e. The van der Waals surface area contributed by atoms with E-state index in [0.29, 0.717) is 35.1 Å². The third-order valence-electron chi connectivity index (χ3n) is 5.98. The summed E-state index contributed by atoms with van der Waals surface area (Å²) in [7, 11) is 0. The number of aryl methyl sites for hydroxylation is 2. The summed E-state index contributed by atoms with van der Waals surface area (Å²) in [4.78, 5) is 24.3. The lowest BCUT2D eigenvalue weighted by atomic mass is 9.91. The van der Waals surface area contributed by atoms with E-state index in [1.165, 1.54) is 18.2 Å². The zero-order valence-corrected chi connectivity index (χ0v) is 18.6. The van der Waals surface area contributed by atoms with Crippen LogP contribution in [-0.4, -0.2) is 11.1 Å². The lowest BCUT2D eigenvalue weighted by Gasteiger charge is -2.16. The van der Waals surface area contributed by atoms with Crippen LogP contribution in [0.3, 0.4) is 0 Å². The van der Waals surface area contributed by atoms with E-state index in [4.69, 9.17) is 4.42 Å². The number of rotatable bonds is 7. The van der Waals surface area contributed by atoms with E-state index in [-0.39, 0.29) is 16.9 Å². The third kappa shape index (κ3) is 4.87. The number of hydrogen-bond donors (Lipinski definition) is 1. The number of carboxylic acids is 1. The molecule has 0 fully saturated rings. The van der Waals surface area contributed by atoms with E-state index in [1.54, 1.807) is 0 Å². The number of benzene rings is 3. The lowest BCUT2D eigenvalue weighted by Crippen LogP contribution is -2.06. The summed E-state index contributed by atoms with van der Waals surface area (Å²) < 4.78 is 19.7. The molecule has 0 aliphatic rings. The Labute approximate surface area is 191 Å². The van der Waals surface area contributed by atoms with Gasteiger partial charge in [-0.25, -0.2) is 9.18 Å². The minimum Gasteiger partial charge on any atom is -0.478 e. The Balaban J connectivity index is 1.63. The van der Waals surface area contributed by atoms with Gasteiger partial charge in [-0.1, -0.05) is 49.4 Å². The maximum Gasteiger partial charge on any atom is 0.336 e. The van der Waals surface area contributed by atoms with Crippen molar-refractivity contribution in [3.8, 4) is 11.3 Å². The molecule has 0 aliphatic heterocycles. The highest BCUT2D eigenvalue weighted by Crippen LogP contribution is 2.32. The quantitative estimate of drug-likeness (QED) is 0.343. The highest BCUT2D eigenvalue weighted by Gasteiger charge is 2.17. The number of aromatic carboxylic acids is 1. The maximum atomic E-state index is 13.5. The van der Waals surface area contributed by atoms with Gasteiger partial charge in [0, 0.05) is 11.6 Å². The van der Waals surface area contributed by atoms with Crippen molar-refractivity contribution in [3.63, 3.8) is 0 Å². The van der Waals surface area contributed by atoms with Crippen molar-refractivity contribution in [3.05, 3.63) is 105 Å². The molecule has 0 saturated carbocycles. The van der Waals surface area contributed by atoms with Crippen LogP contribution < -0.4 is 5.43 Å². The SMILES string of the molecule is Cc1cc(C(C)CCCc2ccc(F)cc2C(=O)O)c2oc(-c3ccccc3)cc(=O)c2c1. The fourth-order valence-corrected chi connectivity index (χ4v) is 4.27. The summed E-state index contributed by atoms with van der Waals surface area (Å²) in [6.07, 6.45) is 1.99. The molecular formula is C28H25FO4. The third-order valence-corrected chi connectivity index (χ3v) is 5.98. The van der Waals surface area contributed by atoms with Crippen molar-refractivity contribution in [2.45, 2.75) is 39.0 Å². The average molecular weight is 445 g/mol. The Morgan fingerprint density at radius 2 is 1.82 bits per heavy atom. The zero-order chi connectivity index (χ0) is 23.5. The van der Waals surface area contributed by atoms with Crippen molar-refractivity contribution in [2.24, 2.45) is 0 Å². The Hall–Kier alpha value is -3.73. The van der Waals surface area contributed by atoms with Crippen molar-refractivity contribution >= 4 is 16.9 Å². The highest BCUT2D eigenvalue weighted by atomic mass is 19.1. The molecule has 5 heteroatoms. The van der Waals surface area contributed by atoms with Crippen LogP contribution in [0.1, 0.15) is 52.7 Å². The van der Waals surface area contributed by atoms with Gasteiger partial charge >= 0.3 is 5.97 Å². The number of halogens is 1. The molecule has 168 valence electrons. The molecule has 0 spiro atoms. The van der Waals surface area contributed by atoms with E-state index in [9.17, 15) is 19.1 Å². The molecule has 4 aromatic rings. The Morgan fingerprint density at radius 1 is 1.06 bits per heavy atom. The second-order valence-electron chi connectivity index (χ2n) is 8.47. The molecule has 1 atom stereocenters. The largest absolute Gasteiger partial charge is 0.478 e. The molecule has 33 heavy (non-hydrogen) atoms. The first-order valence-electron chi connectivity index (χ1n) is 11.0. The van der Waals surface area contributed by atoms with Gasteiger partial charge in [-0.3, -0.25) is 4.79 Å². The summed E-state index contributed by atoms with van der Waals surface area (Å²) in [5.41, 5.74) is 3.91. The topological polar surface area (TPSA) is 67.5 Å². The zero-order valence-electron chi connectivity index (χ0n) is 18.6. The molecule has 3 aromatic carbocycles. The fourth-order valence-electron chi connectivity index (χ4n) is 4.27. The molecular weight excluding hydrogens is 419 g/mol. The van der Waals surface area contributed by atoms with E-state index in [2.05, 4.69) is 6.92 Å². The number of carbonyl (C=O) groups is 1. The van der Waals surface area contributed by atoms with Crippen LogP contribution in [0, 0.1) is 12.7 Å². The molecule has 0 aliphatic carbocycles. The second-order valence-corrected chi connectivity index (χ2v) is 8.47. The maximum absolute atomic E-state index is 13.5. The van der Waals surface area contributed by atoms with Gasteiger partial charge in [0.05, 0.1) is 10.9 Å². The predicted octanol–water partition coefficient (Wildman–Crippen LogP) is 6.73. The van der Waals surface area contributed by atoms with Crippen molar-refractivity contribution in [1.29, 1.82) is 0 Å². The van der Waals surface area contributed by atoms with Crippen LogP contribution >= 0.6 is 0 Å². The minimum absolute atomic E-state index is 0.00200. The first-order chi connectivity index (χ1) is 15.8. The van der Waals surface area contributed by atoms with Crippen molar-refractivity contribution in [2.75, 3.05) is 0 Å². The summed E-state index contributed by atoms with van der Waals surface area (Å²) in [6.45, 7) is 4.03. The molecule has 0 radical (unpaired) electrons. The van der Waals surface area contributed by atoms with Gasteiger partial charge in [-0.2, -0.15) is 0 Å². The molecule has 1 unspecified atom stereocenters. The standard InChI is InChI=1S/C28H25FO4/c1-17-13-22(18(2)7-6-10-19-11-12-21(29)15-23(19)28(31)32)27-24(14-17)25(30)16-26(33-27)20-8-4-3-5-9-20/h3-5,8-9,11-16,18H,6-7,10H2,1-2H3,(H,31,32). The first kappa shape index (κ1) is 22.5.